The van der Waals surface area contributed by atoms with Crippen molar-refractivity contribution in [3.8, 4) is 0 Å². The van der Waals surface area contributed by atoms with Gasteiger partial charge in [-0.3, -0.25) is 4.79 Å². The SMILES string of the molecule is N/C(=N/O)C1(C(=O)Nc2ccc(I)cc2Br)CC1. The molecule has 0 unspecified atom stereocenters. The lowest BCUT2D eigenvalue weighted by atomic mass is 10.1. The molecule has 0 spiro atoms. The highest BCUT2D eigenvalue weighted by atomic mass is 127. The number of hydrogen-bond acceptors (Lipinski definition) is 3. The van der Waals surface area contributed by atoms with E-state index in [0.29, 0.717) is 18.5 Å². The Morgan fingerprint density at radius 3 is 2.72 bits per heavy atom. The van der Waals surface area contributed by atoms with Gasteiger partial charge in [0.05, 0.1) is 5.69 Å². The zero-order valence-corrected chi connectivity index (χ0v) is 13.0. The molecule has 1 saturated carbocycles. The number of anilines is 1. The van der Waals surface area contributed by atoms with Crippen molar-refractivity contribution < 1.29 is 10.0 Å². The van der Waals surface area contributed by atoms with Crippen molar-refractivity contribution in [1.29, 1.82) is 0 Å². The Bertz CT molecular complexity index is 529. The normalized spacial score (nSPS) is 17.3. The summed E-state index contributed by atoms with van der Waals surface area (Å²) in [4.78, 5) is 12.1. The lowest BCUT2D eigenvalue weighted by molar-refractivity contribution is -0.119. The van der Waals surface area contributed by atoms with Crippen LogP contribution >= 0.6 is 38.5 Å². The lowest BCUT2D eigenvalue weighted by Gasteiger charge is -2.14. The number of amidine groups is 1. The van der Waals surface area contributed by atoms with Crippen LogP contribution in [0.15, 0.2) is 27.8 Å². The van der Waals surface area contributed by atoms with E-state index in [4.69, 9.17) is 10.9 Å². The number of nitrogens with one attached hydrogen (secondary N) is 1. The van der Waals surface area contributed by atoms with Crippen LogP contribution in [0.25, 0.3) is 0 Å². The molecule has 96 valence electrons. The average molecular weight is 424 g/mol. The number of nitrogens with zero attached hydrogens (tertiary/aromatic N) is 1. The molecule has 0 saturated heterocycles. The number of amides is 1. The molecule has 0 aromatic heterocycles. The van der Waals surface area contributed by atoms with Gasteiger partial charge in [0.25, 0.3) is 0 Å². The van der Waals surface area contributed by atoms with E-state index in [1.54, 1.807) is 0 Å². The zero-order chi connectivity index (χ0) is 13.3. The molecule has 1 aliphatic carbocycles. The highest BCUT2D eigenvalue weighted by Gasteiger charge is 2.54. The highest BCUT2D eigenvalue weighted by Crippen LogP contribution is 2.47. The molecule has 0 heterocycles. The molecule has 1 aromatic rings. The fourth-order valence-electron chi connectivity index (χ4n) is 1.65. The second kappa shape index (κ2) is 5.04. The molecule has 0 radical (unpaired) electrons. The second-order valence-corrected chi connectivity index (χ2v) is 6.25. The molecular weight excluding hydrogens is 413 g/mol. The first-order chi connectivity index (χ1) is 8.49. The number of carbonyl (C=O) groups excluding carboxylic acids is 1. The largest absolute Gasteiger partial charge is 0.409 e. The van der Waals surface area contributed by atoms with Gasteiger partial charge in [0, 0.05) is 8.04 Å². The van der Waals surface area contributed by atoms with Gasteiger partial charge in [-0.05, 0) is 69.6 Å². The predicted octanol–water partition coefficient (Wildman–Crippen LogP) is 2.52. The summed E-state index contributed by atoms with van der Waals surface area (Å²) in [5.74, 6) is -0.263. The van der Waals surface area contributed by atoms with Crippen LogP contribution in [0.2, 0.25) is 0 Å². The van der Waals surface area contributed by atoms with Gasteiger partial charge in [-0.25, -0.2) is 0 Å². The summed E-state index contributed by atoms with van der Waals surface area (Å²) in [6, 6.07) is 5.61. The first-order valence-corrected chi connectivity index (χ1v) is 7.11. The molecule has 7 heteroatoms. The first kappa shape index (κ1) is 13.6. The lowest BCUT2D eigenvalue weighted by Crippen LogP contribution is -2.36. The third-order valence-electron chi connectivity index (χ3n) is 2.96. The van der Waals surface area contributed by atoms with Gasteiger partial charge in [-0.15, -0.1) is 0 Å². The van der Waals surface area contributed by atoms with Crippen LogP contribution in [0.4, 0.5) is 5.69 Å². The molecule has 18 heavy (non-hydrogen) atoms. The van der Waals surface area contributed by atoms with Gasteiger partial charge < -0.3 is 16.3 Å². The van der Waals surface area contributed by atoms with Crippen molar-refractivity contribution in [2.45, 2.75) is 12.8 Å². The van der Waals surface area contributed by atoms with Crippen LogP contribution in [0.3, 0.4) is 0 Å². The van der Waals surface area contributed by atoms with Crippen LogP contribution in [0, 0.1) is 8.99 Å². The van der Waals surface area contributed by atoms with E-state index in [9.17, 15) is 4.79 Å². The number of nitrogens with two attached hydrogens (primary N) is 1. The third kappa shape index (κ3) is 2.46. The molecule has 0 aliphatic heterocycles. The molecule has 5 nitrogen and oxygen atoms in total. The van der Waals surface area contributed by atoms with Gasteiger partial charge in [-0.2, -0.15) is 0 Å². The van der Waals surface area contributed by atoms with Gasteiger partial charge >= 0.3 is 0 Å². The van der Waals surface area contributed by atoms with Crippen LogP contribution in [-0.4, -0.2) is 17.0 Å². The number of halogens is 2. The van der Waals surface area contributed by atoms with E-state index < -0.39 is 5.41 Å². The van der Waals surface area contributed by atoms with Crippen LogP contribution in [0.5, 0.6) is 0 Å². The maximum absolute atomic E-state index is 12.1. The van der Waals surface area contributed by atoms with Crippen LogP contribution in [-0.2, 0) is 4.79 Å². The molecule has 1 aromatic carbocycles. The molecule has 4 N–H and O–H groups in total. The Morgan fingerprint density at radius 2 is 2.22 bits per heavy atom. The van der Waals surface area contributed by atoms with Crippen LogP contribution < -0.4 is 11.1 Å². The van der Waals surface area contributed by atoms with E-state index in [1.165, 1.54) is 0 Å². The maximum Gasteiger partial charge on any atom is 0.238 e. The molecule has 1 fully saturated rings. The quantitative estimate of drug-likeness (QED) is 0.229. The van der Waals surface area contributed by atoms with E-state index in [1.807, 2.05) is 18.2 Å². The zero-order valence-electron chi connectivity index (χ0n) is 9.28. The van der Waals surface area contributed by atoms with Crippen LogP contribution in [0.1, 0.15) is 12.8 Å². The molecule has 0 atom stereocenters. The minimum absolute atomic E-state index is 0.0263. The van der Waals surface area contributed by atoms with E-state index in [2.05, 4.69) is 49.0 Å². The second-order valence-electron chi connectivity index (χ2n) is 4.15. The smallest absolute Gasteiger partial charge is 0.238 e. The molecular formula is C11H11BrIN3O2. The third-order valence-corrected chi connectivity index (χ3v) is 4.29. The summed E-state index contributed by atoms with van der Waals surface area (Å²) < 4.78 is 1.87. The van der Waals surface area contributed by atoms with E-state index in [0.717, 1.165) is 8.04 Å². The average Bonchev–Trinajstić information content (AvgIpc) is 3.13. The molecule has 1 amide bonds. The predicted molar refractivity (Wildman–Crippen MR) is 80.6 cm³/mol. The highest BCUT2D eigenvalue weighted by molar-refractivity contribution is 14.1. The Kier molecular flexibility index (Phi) is 3.81. The standard InChI is InChI=1S/C11H11BrIN3O2/c12-7-5-6(13)1-2-8(7)15-10(17)11(3-4-11)9(14)16-18/h1-2,5,18H,3-4H2,(H2,14,16)(H,15,17). The van der Waals surface area contributed by atoms with Crippen molar-refractivity contribution in [2.75, 3.05) is 5.32 Å². The fraction of sp³-hybridized carbons (Fsp3) is 0.273. The van der Waals surface area contributed by atoms with E-state index in [-0.39, 0.29) is 11.7 Å². The summed E-state index contributed by atoms with van der Waals surface area (Å²) >= 11 is 5.57. The summed E-state index contributed by atoms with van der Waals surface area (Å²) in [5.41, 5.74) is 5.40. The Morgan fingerprint density at radius 1 is 1.56 bits per heavy atom. The van der Waals surface area contributed by atoms with E-state index >= 15 is 0 Å². The minimum atomic E-state index is -0.836. The van der Waals surface area contributed by atoms with Crippen molar-refractivity contribution in [3.05, 3.63) is 26.2 Å². The molecule has 0 bridgehead atoms. The van der Waals surface area contributed by atoms with Crippen molar-refractivity contribution in [2.24, 2.45) is 16.3 Å². The minimum Gasteiger partial charge on any atom is -0.409 e. The monoisotopic (exact) mass is 423 g/mol. The Balaban J connectivity index is 2.18. The topological polar surface area (TPSA) is 87.7 Å². The molecule has 2 rings (SSSR count). The number of rotatable bonds is 3. The summed E-state index contributed by atoms with van der Waals surface area (Å²) in [7, 11) is 0. The Labute approximate surface area is 126 Å². The fourth-order valence-corrected chi connectivity index (χ4v) is 3.05. The maximum atomic E-state index is 12.1. The van der Waals surface area contributed by atoms with Crippen molar-refractivity contribution in [1.82, 2.24) is 0 Å². The molecule has 1 aliphatic rings. The van der Waals surface area contributed by atoms with Gasteiger partial charge in [-0.1, -0.05) is 5.16 Å². The number of benzene rings is 1. The van der Waals surface area contributed by atoms with Gasteiger partial charge in [0.2, 0.25) is 5.91 Å². The summed E-state index contributed by atoms with van der Waals surface area (Å²) in [6.45, 7) is 0. The first-order valence-electron chi connectivity index (χ1n) is 5.24. The number of oxime groups is 1. The number of hydrogen-bond donors (Lipinski definition) is 3. The Hall–Kier alpha value is -0.830. The summed E-state index contributed by atoms with van der Waals surface area (Å²) in [6.07, 6.45) is 1.22. The van der Waals surface area contributed by atoms with Gasteiger partial charge in [0.1, 0.15) is 5.41 Å². The van der Waals surface area contributed by atoms with Crippen molar-refractivity contribution in [3.63, 3.8) is 0 Å². The number of carbonyl (C=O) groups is 1. The van der Waals surface area contributed by atoms with Gasteiger partial charge in [0.15, 0.2) is 5.84 Å². The van der Waals surface area contributed by atoms with Crippen molar-refractivity contribution >= 4 is 56.0 Å². The summed E-state index contributed by atoms with van der Waals surface area (Å²) in [5, 5.41) is 14.4.